The summed E-state index contributed by atoms with van der Waals surface area (Å²) >= 11 is 21.0. The van der Waals surface area contributed by atoms with Gasteiger partial charge in [0.2, 0.25) is 0 Å². The molecule has 0 aliphatic heterocycles. The molecule has 0 aliphatic carbocycles. The molecule has 0 N–H and O–H groups in total. The van der Waals surface area contributed by atoms with E-state index in [1.165, 1.54) is 6.07 Å². The van der Waals surface area contributed by atoms with Crippen molar-refractivity contribution in [1.29, 1.82) is 0 Å². The zero-order valence-corrected chi connectivity index (χ0v) is 16.0. The lowest BCUT2D eigenvalue weighted by Crippen LogP contribution is -2.01. The van der Waals surface area contributed by atoms with E-state index in [4.69, 9.17) is 48.4 Å². The topological polar surface area (TPSA) is 44.8 Å². The molecule has 1 rings (SSSR count). The molecule has 0 fully saturated rings. The molecule has 9 heteroatoms. The Labute approximate surface area is 147 Å². The molecule has 21 heavy (non-hydrogen) atoms. The molecule has 0 aliphatic rings. The molecule has 0 saturated heterocycles. The maximum absolute atomic E-state index is 12.4. The van der Waals surface area contributed by atoms with Gasteiger partial charge in [0, 0.05) is 10.6 Å². The molecule has 1 aromatic carbocycles. The lowest BCUT2D eigenvalue weighted by atomic mass is 10.2. The van der Waals surface area contributed by atoms with Crippen molar-refractivity contribution in [2.24, 2.45) is 0 Å². The zero-order valence-electron chi connectivity index (χ0n) is 11.2. The Bertz CT molecular complexity index is 566. The summed E-state index contributed by atoms with van der Waals surface area (Å²) in [4.78, 5) is 0. The van der Waals surface area contributed by atoms with Crippen LogP contribution in [0.1, 0.15) is 19.4 Å². The standard InChI is InChI=1S/C12H13BrCl3O4P/c1-3-18-21(17,19-4-2)20-11(12(13)16)9-6-5-8(14)7-10(9)15/h5-7H,3-4H2,1-2H3/b12-11-. The SMILES string of the molecule is CCOP(=O)(OCC)O/C(=C(\Cl)Br)c1ccc(Cl)cc1Cl. The Hall–Kier alpha value is 0.260. The summed E-state index contributed by atoms with van der Waals surface area (Å²) in [5.74, 6) is 0.0450. The molecule has 0 aromatic heterocycles. The number of halogens is 4. The van der Waals surface area contributed by atoms with E-state index in [0.717, 1.165) is 0 Å². The van der Waals surface area contributed by atoms with Crippen LogP contribution in [0.15, 0.2) is 22.1 Å². The van der Waals surface area contributed by atoms with Crippen molar-refractivity contribution in [2.45, 2.75) is 13.8 Å². The molecule has 0 saturated carbocycles. The second-order valence-electron chi connectivity index (χ2n) is 3.59. The van der Waals surface area contributed by atoms with Crippen molar-refractivity contribution in [1.82, 2.24) is 0 Å². The van der Waals surface area contributed by atoms with Gasteiger partial charge < -0.3 is 4.52 Å². The van der Waals surface area contributed by atoms with Crippen LogP contribution in [0, 0.1) is 0 Å². The van der Waals surface area contributed by atoms with Crippen molar-refractivity contribution in [3.8, 4) is 0 Å². The quantitative estimate of drug-likeness (QED) is 0.362. The van der Waals surface area contributed by atoms with Crippen LogP contribution in [0.2, 0.25) is 10.0 Å². The summed E-state index contributed by atoms with van der Waals surface area (Å²) < 4.78 is 28.0. The van der Waals surface area contributed by atoms with E-state index in [1.807, 2.05) is 0 Å². The molecule has 0 radical (unpaired) electrons. The predicted octanol–water partition coefficient (Wildman–Crippen LogP) is 6.45. The molecule has 0 atom stereocenters. The van der Waals surface area contributed by atoms with Crippen molar-refractivity contribution in [2.75, 3.05) is 13.2 Å². The molecule has 4 nitrogen and oxygen atoms in total. The van der Waals surface area contributed by atoms with Gasteiger partial charge in [0.1, 0.15) is 3.94 Å². The first-order valence-electron chi connectivity index (χ1n) is 5.92. The number of phosphoric ester groups is 1. The smallest absolute Gasteiger partial charge is 0.401 e. The highest BCUT2D eigenvalue weighted by molar-refractivity contribution is 9.12. The van der Waals surface area contributed by atoms with Crippen molar-refractivity contribution < 1.29 is 18.1 Å². The summed E-state index contributed by atoms with van der Waals surface area (Å²) in [7, 11) is -3.79. The van der Waals surface area contributed by atoms with Crippen LogP contribution in [-0.2, 0) is 18.1 Å². The van der Waals surface area contributed by atoms with E-state index in [9.17, 15) is 4.57 Å². The lowest BCUT2D eigenvalue weighted by molar-refractivity contribution is 0.159. The molecule has 1 aromatic rings. The fourth-order valence-electron chi connectivity index (χ4n) is 1.38. The summed E-state index contributed by atoms with van der Waals surface area (Å²) in [6.45, 7) is 3.64. The minimum atomic E-state index is -3.79. The summed E-state index contributed by atoms with van der Waals surface area (Å²) in [5, 5.41) is 0.737. The van der Waals surface area contributed by atoms with Gasteiger partial charge in [0.25, 0.3) is 0 Å². The summed E-state index contributed by atoms with van der Waals surface area (Å²) in [6, 6.07) is 4.71. The number of rotatable bonds is 7. The van der Waals surface area contributed by atoms with Gasteiger partial charge in [-0.3, -0.25) is 9.05 Å². The first kappa shape index (κ1) is 19.3. The largest absolute Gasteiger partial charge is 0.530 e. The van der Waals surface area contributed by atoms with E-state index in [1.54, 1.807) is 26.0 Å². The fraction of sp³-hybridized carbons (Fsp3) is 0.333. The monoisotopic (exact) mass is 436 g/mol. The minimum Gasteiger partial charge on any atom is -0.401 e. The normalized spacial score (nSPS) is 13.0. The Kier molecular flexibility index (Phi) is 8.07. The van der Waals surface area contributed by atoms with E-state index < -0.39 is 7.82 Å². The van der Waals surface area contributed by atoms with Crippen LogP contribution in [0.25, 0.3) is 5.76 Å². The average Bonchev–Trinajstić information content (AvgIpc) is 2.37. The molecule has 0 spiro atoms. The number of phosphoric acid groups is 1. The molecular weight excluding hydrogens is 425 g/mol. The maximum Gasteiger partial charge on any atom is 0.530 e. The second kappa shape index (κ2) is 8.78. The number of hydrogen-bond acceptors (Lipinski definition) is 4. The van der Waals surface area contributed by atoms with Gasteiger partial charge in [-0.15, -0.1) is 0 Å². The van der Waals surface area contributed by atoms with Crippen molar-refractivity contribution in [3.05, 3.63) is 37.7 Å². The molecular formula is C12H13BrCl3O4P. The number of benzene rings is 1. The number of hydrogen-bond donors (Lipinski definition) is 0. The highest BCUT2D eigenvalue weighted by Gasteiger charge is 2.30. The third-order valence-corrected chi connectivity index (χ3v) is 4.76. The van der Waals surface area contributed by atoms with Gasteiger partial charge in [0.15, 0.2) is 5.76 Å². The predicted molar refractivity (Wildman–Crippen MR) is 90.1 cm³/mol. The van der Waals surface area contributed by atoms with Gasteiger partial charge in [-0.1, -0.05) is 34.8 Å². The minimum absolute atomic E-state index is 0.0450. The highest BCUT2D eigenvalue weighted by Crippen LogP contribution is 2.54. The first-order chi connectivity index (χ1) is 9.83. The van der Waals surface area contributed by atoms with Gasteiger partial charge in [0.05, 0.1) is 18.2 Å². The van der Waals surface area contributed by atoms with Crippen molar-refractivity contribution in [3.63, 3.8) is 0 Å². The second-order valence-corrected chi connectivity index (χ2v) is 7.65. The van der Waals surface area contributed by atoms with Crippen LogP contribution in [-0.4, -0.2) is 13.2 Å². The van der Waals surface area contributed by atoms with Crippen LogP contribution in [0.4, 0.5) is 0 Å². The fourth-order valence-corrected chi connectivity index (χ4v) is 3.71. The van der Waals surface area contributed by atoms with E-state index in [0.29, 0.717) is 10.6 Å². The van der Waals surface area contributed by atoms with Crippen molar-refractivity contribution >= 4 is 64.3 Å². The van der Waals surface area contributed by atoms with E-state index in [2.05, 4.69) is 15.9 Å². The maximum atomic E-state index is 12.4. The molecule has 0 heterocycles. The van der Waals surface area contributed by atoms with Gasteiger partial charge in [-0.25, -0.2) is 4.57 Å². The van der Waals surface area contributed by atoms with Gasteiger partial charge in [-0.05, 0) is 48.0 Å². The van der Waals surface area contributed by atoms with Gasteiger partial charge >= 0.3 is 7.82 Å². The zero-order chi connectivity index (χ0) is 16.0. The van der Waals surface area contributed by atoms with Crippen LogP contribution in [0.5, 0.6) is 0 Å². The Morgan fingerprint density at radius 2 is 1.81 bits per heavy atom. The molecule has 118 valence electrons. The Morgan fingerprint density at radius 1 is 1.24 bits per heavy atom. The highest BCUT2D eigenvalue weighted by atomic mass is 79.9. The van der Waals surface area contributed by atoms with E-state index >= 15 is 0 Å². The Balaban J connectivity index is 3.20. The third-order valence-electron chi connectivity index (χ3n) is 2.12. The first-order valence-corrected chi connectivity index (χ1v) is 9.31. The van der Waals surface area contributed by atoms with E-state index in [-0.39, 0.29) is 27.9 Å². The summed E-state index contributed by atoms with van der Waals surface area (Å²) in [5.41, 5.74) is 0.405. The molecule has 0 bridgehead atoms. The van der Waals surface area contributed by atoms with Crippen LogP contribution in [0.3, 0.4) is 0 Å². The average molecular weight is 438 g/mol. The molecule has 0 unspecified atom stereocenters. The Morgan fingerprint density at radius 3 is 2.24 bits per heavy atom. The van der Waals surface area contributed by atoms with Gasteiger partial charge in [-0.2, -0.15) is 0 Å². The third kappa shape index (κ3) is 5.76. The molecule has 0 amide bonds. The van der Waals surface area contributed by atoms with Crippen LogP contribution < -0.4 is 0 Å². The lowest BCUT2D eigenvalue weighted by Gasteiger charge is -2.20. The summed E-state index contributed by atoms with van der Waals surface area (Å²) in [6.07, 6.45) is 0. The van der Waals surface area contributed by atoms with Crippen LogP contribution >= 0.6 is 58.6 Å².